The minimum absolute atomic E-state index is 0.0482. The van der Waals surface area contributed by atoms with Crippen LogP contribution in [0.4, 0.5) is 5.69 Å². The lowest BCUT2D eigenvalue weighted by atomic mass is 10.1. The number of amides is 1. The van der Waals surface area contributed by atoms with Crippen molar-refractivity contribution in [2.45, 2.75) is 6.54 Å². The van der Waals surface area contributed by atoms with Gasteiger partial charge in [0, 0.05) is 43.0 Å². The Balaban J connectivity index is 1.44. The van der Waals surface area contributed by atoms with Gasteiger partial charge in [-0.05, 0) is 24.3 Å². The van der Waals surface area contributed by atoms with Crippen molar-refractivity contribution in [1.82, 2.24) is 19.7 Å². The van der Waals surface area contributed by atoms with E-state index in [1.165, 1.54) is 0 Å². The number of fused-ring (bicyclic) bond motifs is 2. The number of hydrogen-bond acceptors (Lipinski definition) is 6. The van der Waals surface area contributed by atoms with Gasteiger partial charge in [0.15, 0.2) is 11.5 Å². The first-order valence-corrected chi connectivity index (χ1v) is 9.30. The summed E-state index contributed by atoms with van der Waals surface area (Å²) in [6.45, 7) is 2.98. The second kappa shape index (κ2) is 6.72. The molecule has 0 saturated carbocycles. The smallest absolute Gasteiger partial charge is 0.275 e. The van der Waals surface area contributed by atoms with Gasteiger partial charge in [-0.3, -0.25) is 19.5 Å². The van der Waals surface area contributed by atoms with Crippen molar-refractivity contribution in [3.05, 3.63) is 53.5 Å². The van der Waals surface area contributed by atoms with Crippen molar-refractivity contribution < 1.29 is 9.53 Å². The Kier molecular flexibility index (Phi) is 4.05. The van der Waals surface area contributed by atoms with E-state index in [9.17, 15) is 4.79 Å². The summed E-state index contributed by atoms with van der Waals surface area (Å²) >= 11 is 0. The molecule has 8 nitrogen and oxygen atoms in total. The number of carbonyl (C=O) groups excluding carboxylic acids is 1. The number of aryl methyl sites for hydroxylation is 1. The molecule has 3 aromatic rings. The van der Waals surface area contributed by atoms with E-state index in [2.05, 4.69) is 20.4 Å². The lowest BCUT2D eigenvalue weighted by Gasteiger charge is -2.26. The molecule has 5 rings (SSSR count). The van der Waals surface area contributed by atoms with E-state index < -0.39 is 0 Å². The van der Waals surface area contributed by atoms with Crippen LogP contribution >= 0.6 is 0 Å². The van der Waals surface area contributed by atoms with Gasteiger partial charge >= 0.3 is 0 Å². The molecule has 2 aliphatic rings. The number of nitrogens with one attached hydrogen (secondary N) is 1. The van der Waals surface area contributed by atoms with E-state index >= 15 is 0 Å². The number of rotatable bonds is 2. The van der Waals surface area contributed by atoms with Gasteiger partial charge < -0.3 is 15.0 Å². The molecule has 8 heteroatoms. The van der Waals surface area contributed by atoms with E-state index in [0.29, 0.717) is 38.5 Å². The maximum atomic E-state index is 12.9. The van der Waals surface area contributed by atoms with Crippen LogP contribution in [0, 0.1) is 0 Å². The van der Waals surface area contributed by atoms with Crippen molar-refractivity contribution >= 4 is 28.3 Å². The Morgan fingerprint density at radius 3 is 2.93 bits per heavy atom. The quantitative estimate of drug-likeness (QED) is 0.737. The summed E-state index contributed by atoms with van der Waals surface area (Å²) in [7, 11) is 1.85. The number of aliphatic imine (C=N–C) groups is 1. The van der Waals surface area contributed by atoms with Crippen molar-refractivity contribution in [3.8, 4) is 0 Å². The maximum absolute atomic E-state index is 12.9. The number of amidine groups is 1. The number of aromatic nitrogens is 3. The highest BCUT2D eigenvalue weighted by molar-refractivity contribution is 6.10. The van der Waals surface area contributed by atoms with Gasteiger partial charge in [0.2, 0.25) is 0 Å². The van der Waals surface area contributed by atoms with Crippen LogP contribution in [0.3, 0.4) is 0 Å². The van der Waals surface area contributed by atoms with Gasteiger partial charge in [0.25, 0.3) is 5.91 Å². The summed E-state index contributed by atoms with van der Waals surface area (Å²) in [5, 5.41) is 8.68. The zero-order valence-electron chi connectivity index (χ0n) is 15.6. The van der Waals surface area contributed by atoms with Crippen LogP contribution in [0.1, 0.15) is 21.7 Å². The van der Waals surface area contributed by atoms with Gasteiger partial charge in [-0.1, -0.05) is 6.07 Å². The highest BCUT2D eigenvalue weighted by Gasteiger charge is 2.24. The van der Waals surface area contributed by atoms with Crippen LogP contribution < -0.4 is 5.32 Å². The molecule has 2 aromatic heterocycles. The van der Waals surface area contributed by atoms with Gasteiger partial charge in [0.05, 0.1) is 25.3 Å². The SMILES string of the molecule is Cn1nc(C(=O)N2CCOCC2)c2ccc(NC3=NCc4cccnc43)cc21. The van der Waals surface area contributed by atoms with Crippen LogP contribution in [0.15, 0.2) is 41.5 Å². The third-order valence-corrected chi connectivity index (χ3v) is 5.14. The van der Waals surface area contributed by atoms with E-state index in [-0.39, 0.29) is 5.91 Å². The van der Waals surface area contributed by atoms with Crippen LogP contribution in [0.2, 0.25) is 0 Å². The molecule has 1 aromatic carbocycles. The van der Waals surface area contributed by atoms with E-state index in [1.807, 2.05) is 37.4 Å². The number of benzene rings is 1. The highest BCUT2D eigenvalue weighted by atomic mass is 16.5. The number of pyridine rings is 1. The Morgan fingerprint density at radius 1 is 1.21 bits per heavy atom. The van der Waals surface area contributed by atoms with Crippen LogP contribution in [-0.4, -0.2) is 57.7 Å². The standard InChI is InChI=1S/C20H20N6O2/c1-25-16-11-14(23-19-17-13(12-22-19)3-2-6-21-17)4-5-15(16)18(24-25)20(27)26-7-9-28-10-8-26/h2-6,11H,7-10,12H2,1H3,(H,22,23). The van der Waals surface area contributed by atoms with Crippen LogP contribution in [0.25, 0.3) is 10.9 Å². The minimum atomic E-state index is -0.0482. The lowest BCUT2D eigenvalue weighted by molar-refractivity contribution is 0.0300. The van der Waals surface area contributed by atoms with Gasteiger partial charge in [-0.25, -0.2) is 0 Å². The molecule has 0 radical (unpaired) electrons. The number of anilines is 1. The summed E-state index contributed by atoms with van der Waals surface area (Å²) in [5.74, 6) is 0.717. The van der Waals surface area contributed by atoms with Crippen LogP contribution in [-0.2, 0) is 18.3 Å². The second-order valence-electron chi connectivity index (χ2n) is 6.91. The average Bonchev–Trinajstić information content (AvgIpc) is 3.29. The molecular formula is C20H20N6O2. The third kappa shape index (κ3) is 2.82. The Labute approximate surface area is 161 Å². The molecule has 1 fully saturated rings. The van der Waals surface area contributed by atoms with Gasteiger partial charge in [-0.2, -0.15) is 5.10 Å². The van der Waals surface area contributed by atoms with Crippen molar-refractivity contribution in [1.29, 1.82) is 0 Å². The number of hydrogen-bond donors (Lipinski definition) is 1. The average molecular weight is 376 g/mol. The fraction of sp³-hybridized carbons (Fsp3) is 0.300. The summed E-state index contributed by atoms with van der Waals surface area (Å²) < 4.78 is 7.09. The van der Waals surface area contributed by atoms with Gasteiger partial charge in [-0.15, -0.1) is 0 Å². The first-order chi connectivity index (χ1) is 13.7. The topological polar surface area (TPSA) is 84.6 Å². The summed E-state index contributed by atoms with van der Waals surface area (Å²) in [6.07, 6.45) is 1.77. The molecule has 0 atom stereocenters. The Bertz CT molecular complexity index is 1100. The van der Waals surface area contributed by atoms with Crippen molar-refractivity contribution in [3.63, 3.8) is 0 Å². The van der Waals surface area contributed by atoms with E-state index in [1.54, 1.807) is 15.8 Å². The van der Waals surface area contributed by atoms with Crippen molar-refractivity contribution in [2.24, 2.45) is 12.0 Å². The second-order valence-corrected chi connectivity index (χ2v) is 6.91. The number of morpholine rings is 1. The zero-order chi connectivity index (χ0) is 19.1. The first-order valence-electron chi connectivity index (χ1n) is 9.30. The molecule has 0 bridgehead atoms. The minimum Gasteiger partial charge on any atom is -0.378 e. The number of ether oxygens (including phenoxy) is 1. The molecule has 0 spiro atoms. The highest BCUT2D eigenvalue weighted by Crippen LogP contribution is 2.25. The predicted molar refractivity (Wildman–Crippen MR) is 106 cm³/mol. The molecule has 2 aliphatic heterocycles. The largest absolute Gasteiger partial charge is 0.378 e. The predicted octanol–water partition coefficient (Wildman–Crippen LogP) is 1.81. The van der Waals surface area contributed by atoms with Gasteiger partial charge in [0.1, 0.15) is 5.69 Å². The lowest BCUT2D eigenvalue weighted by Crippen LogP contribution is -2.40. The summed E-state index contributed by atoms with van der Waals surface area (Å²) in [6, 6.07) is 9.83. The summed E-state index contributed by atoms with van der Waals surface area (Å²) in [5.41, 5.74) is 4.26. The third-order valence-electron chi connectivity index (χ3n) is 5.14. The molecule has 1 saturated heterocycles. The fourth-order valence-electron chi connectivity index (χ4n) is 3.66. The van der Waals surface area contributed by atoms with Crippen LogP contribution in [0.5, 0.6) is 0 Å². The first kappa shape index (κ1) is 16.9. The van der Waals surface area contributed by atoms with E-state index in [4.69, 9.17) is 4.74 Å². The number of carbonyl (C=O) groups is 1. The molecule has 4 heterocycles. The molecule has 1 N–H and O–H groups in total. The molecular weight excluding hydrogens is 356 g/mol. The molecule has 28 heavy (non-hydrogen) atoms. The Morgan fingerprint density at radius 2 is 2.07 bits per heavy atom. The normalized spacial score (nSPS) is 16.2. The molecule has 0 aliphatic carbocycles. The molecule has 0 unspecified atom stereocenters. The molecule has 1 amide bonds. The Hall–Kier alpha value is -3.26. The maximum Gasteiger partial charge on any atom is 0.275 e. The van der Waals surface area contributed by atoms with Crippen molar-refractivity contribution in [2.75, 3.05) is 31.6 Å². The molecule has 142 valence electrons. The monoisotopic (exact) mass is 376 g/mol. The summed E-state index contributed by atoms with van der Waals surface area (Å²) in [4.78, 5) is 23.6. The zero-order valence-corrected chi connectivity index (χ0v) is 15.6. The number of nitrogens with zero attached hydrogens (tertiary/aromatic N) is 5. The van der Waals surface area contributed by atoms with E-state index in [0.717, 1.165) is 33.7 Å². The fourth-order valence-corrected chi connectivity index (χ4v) is 3.66.